The van der Waals surface area contributed by atoms with Gasteiger partial charge in [0.15, 0.2) is 5.78 Å². The number of ketones is 3. The highest BCUT2D eigenvalue weighted by molar-refractivity contribution is 6.39. The van der Waals surface area contributed by atoms with Crippen LogP contribution in [-0.4, -0.2) is 158 Å². The van der Waals surface area contributed by atoms with E-state index in [-0.39, 0.29) is 67.8 Å². The van der Waals surface area contributed by atoms with Gasteiger partial charge in [-0.2, -0.15) is 0 Å². The lowest BCUT2D eigenvalue weighted by molar-refractivity contribution is -0.266. The largest absolute Gasteiger partial charge is 0.460 e. The number of amides is 1. The highest BCUT2D eigenvalue weighted by Crippen LogP contribution is 2.38. The fraction of sp³-hybridized carbons (Fsp3) is 0.768. The minimum Gasteiger partial charge on any atom is -0.460 e. The first-order valence-electron chi connectivity index (χ1n) is 26.7. The van der Waals surface area contributed by atoms with E-state index in [9.17, 15) is 39.3 Å². The third-order valence-electron chi connectivity index (χ3n) is 15.3. The Hall–Kier alpha value is -3.45. The molecule has 15 atom stereocenters. The van der Waals surface area contributed by atoms with Crippen LogP contribution in [-0.2, 0) is 57.1 Å². The highest BCUT2D eigenvalue weighted by Gasteiger charge is 2.53. The second kappa shape index (κ2) is 30.2. The van der Waals surface area contributed by atoms with Gasteiger partial charge >= 0.3 is 5.97 Å². The number of esters is 1. The van der Waals surface area contributed by atoms with Crippen molar-refractivity contribution in [3.63, 3.8) is 0 Å². The summed E-state index contributed by atoms with van der Waals surface area (Å²) < 4.78 is 41.2. The lowest BCUT2D eigenvalue weighted by atomic mass is 9.78. The number of carbonyl (C=O) groups excluding carboxylic acids is 5. The van der Waals surface area contributed by atoms with Crippen molar-refractivity contribution in [1.82, 2.24) is 4.90 Å². The molecule has 2 bridgehead atoms. The van der Waals surface area contributed by atoms with Gasteiger partial charge < -0.3 is 53.4 Å². The summed E-state index contributed by atoms with van der Waals surface area (Å²) in [5, 5.41) is 34.2. The van der Waals surface area contributed by atoms with Gasteiger partial charge in [-0.3, -0.25) is 19.2 Å². The molecular formula is C56H89NO15. The Bertz CT molecular complexity index is 1880. The molecule has 1 amide bonds. The Morgan fingerprint density at radius 1 is 0.833 bits per heavy atom. The third kappa shape index (κ3) is 17.6. The second-order valence-electron chi connectivity index (χ2n) is 21.0. The average Bonchev–Trinajstić information content (AvgIpc) is 3.36. The number of hydrogen-bond donors (Lipinski definition) is 3. The number of aliphatic hydroxyl groups is 3. The molecule has 4 aliphatic rings. The Morgan fingerprint density at radius 3 is 2.26 bits per heavy atom. The number of hydrogen-bond acceptors (Lipinski definition) is 15. The minimum atomic E-state index is -2.48. The topological polar surface area (TPSA) is 214 Å². The number of Topliss-reactive ketones (excluding diaryl/α,β-unsaturated/α-hetero) is 3. The zero-order valence-corrected chi connectivity index (χ0v) is 45.0. The molecule has 0 radical (unpaired) electrons. The number of rotatable bonds is 13. The number of ether oxygens (including phenoxy) is 7. The summed E-state index contributed by atoms with van der Waals surface area (Å²) in [6.07, 6.45) is 10.8. The van der Waals surface area contributed by atoms with Crippen LogP contribution in [0.3, 0.4) is 0 Å². The van der Waals surface area contributed by atoms with Crippen LogP contribution in [0.2, 0.25) is 0 Å². The summed E-state index contributed by atoms with van der Waals surface area (Å²) in [6.45, 7) is 16.7. The summed E-state index contributed by atoms with van der Waals surface area (Å²) >= 11 is 0. The van der Waals surface area contributed by atoms with Crippen LogP contribution < -0.4 is 0 Å². The van der Waals surface area contributed by atoms with Gasteiger partial charge in [-0.1, -0.05) is 71.1 Å². The molecule has 3 heterocycles. The maximum atomic E-state index is 14.5. The Morgan fingerprint density at radius 2 is 1.56 bits per heavy atom. The Kier molecular flexibility index (Phi) is 25.6. The SMILES string of the molecule is CCOCCOCCOC1C[C@@H]2CC[C@@H](C)[C@@](O)(O2)C(=O)C(=O)N2CCCC[C@H]2C(=O)O[C@H]([C@H](C)C[C@@H]2CC[C@@H](O)[C@H](OC)C2)CC(=O)[C@H](C)/C=C(\C)[C@@H](O)[C@@H](OC)C(=O)[C@H](C)C[C@H](C)/C=C/C=CC=C1C. The fourth-order valence-corrected chi connectivity index (χ4v) is 10.6. The normalized spacial score (nSPS) is 36.5. The van der Waals surface area contributed by atoms with Crippen LogP contribution in [0.25, 0.3) is 0 Å². The van der Waals surface area contributed by atoms with Crippen LogP contribution in [0.15, 0.2) is 47.6 Å². The predicted molar refractivity (Wildman–Crippen MR) is 271 cm³/mol. The number of cyclic esters (lactones) is 1. The van der Waals surface area contributed by atoms with Crippen molar-refractivity contribution in [2.24, 2.45) is 35.5 Å². The molecule has 1 unspecified atom stereocenters. The smallest absolute Gasteiger partial charge is 0.329 e. The number of fused-ring (bicyclic) bond motifs is 3. The first-order valence-corrected chi connectivity index (χ1v) is 26.7. The quantitative estimate of drug-likeness (QED) is 0.0767. The predicted octanol–water partition coefficient (Wildman–Crippen LogP) is 6.60. The summed E-state index contributed by atoms with van der Waals surface area (Å²) in [7, 11) is 2.94. The standard InChI is InChI=1S/C56H89NO15/c1-11-68-25-26-69-27-28-70-47-33-43-22-20-41(8)56(65,72-43)53(62)54(63)57-24-16-15-19-44(57)55(64)71-48(38(5)31-42-21-23-45(58)49(32-42)66-9)34-46(59)37(4)30-40(7)51(61)52(67-10)50(60)39(6)29-35(2)17-13-12-14-18-36(47)3/h12-14,17-18,30,35,37-39,41-45,47-49,51-52,58,61,65H,11,15-16,19-29,31-34H2,1-10H3/b14-12?,17-13+,36-18?,40-30+/t35-,37-,38-,39-,41-,42+,43+,44+,45-,47?,48+,49-,51-,52+,56-/m1/s1. The summed E-state index contributed by atoms with van der Waals surface area (Å²) in [4.78, 5) is 72.5. The number of nitrogens with zero attached hydrogens (tertiary/aromatic N) is 1. The molecule has 408 valence electrons. The number of allylic oxidation sites excluding steroid dienone is 6. The summed E-state index contributed by atoms with van der Waals surface area (Å²) in [5.74, 6) is -8.18. The zero-order chi connectivity index (χ0) is 53.1. The maximum Gasteiger partial charge on any atom is 0.329 e. The molecule has 72 heavy (non-hydrogen) atoms. The molecular weight excluding hydrogens is 927 g/mol. The van der Waals surface area contributed by atoms with E-state index in [2.05, 4.69) is 0 Å². The zero-order valence-electron chi connectivity index (χ0n) is 45.0. The van der Waals surface area contributed by atoms with E-state index in [4.69, 9.17) is 33.2 Å². The number of methoxy groups -OCH3 is 2. The van der Waals surface area contributed by atoms with Gasteiger partial charge in [-0.15, -0.1) is 0 Å². The maximum absolute atomic E-state index is 14.5. The Labute approximate surface area is 429 Å². The number of aliphatic hydroxyl groups excluding tert-OH is 2. The lowest BCUT2D eigenvalue weighted by Gasteiger charge is -2.43. The van der Waals surface area contributed by atoms with Crippen LogP contribution in [0.4, 0.5) is 0 Å². The highest BCUT2D eigenvalue weighted by atomic mass is 16.6. The van der Waals surface area contributed by atoms with Gasteiger partial charge in [-0.25, -0.2) is 4.79 Å². The van der Waals surface area contributed by atoms with Crippen molar-refractivity contribution in [2.75, 3.05) is 53.8 Å². The van der Waals surface area contributed by atoms with Crippen molar-refractivity contribution in [2.45, 2.75) is 187 Å². The van der Waals surface area contributed by atoms with Crippen molar-refractivity contribution in [1.29, 1.82) is 0 Å². The fourth-order valence-electron chi connectivity index (χ4n) is 10.6. The summed E-state index contributed by atoms with van der Waals surface area (Å²) in [6, 6.07) is -1.16. The molecule has 16 nitrogen and oxygen atoms in total. The van der Waals surface area contributed by atoms with Crippen LogP contribution in [0.1, 0.15) is 132 Å². The van der Waals surface area contributed by atoms with Gasteiger partial charge in [0.2, 0.25) is 5.79 Å². The van der Waals surface area contributed by atoms with Gasteiger partial charge in [0, 0.05) is 58.0 Å². The van der Waals surface area contributed by atoms with E-state index in [1.807, 2.05) is 65.0 Å². The molecule has 2 saturated heterocycles. The monoisotopic (exact) mass is 1020 g/mol. The molecule has 1 aliphatic carbocycles. The average molecular weight is 1020 g/mol. The second-order valence-corrected chi connectivity index (χ2v) is 21.0. The molecule has 4 rings (SSSR count). The van der Waals surface area contributed by atoms with E-state index in [0.29, 0.717) is 89.8 Å². The van der Waals surface area contributed by atoms with Crippen LogP contribution in [0.5, 0.6) is 0 Å². The Balaban J connectivity index is 1.70. The summed E-state index contributed by atoms with van der Waals surface area (Å²) in [5.41, 5.74) is 1.23. The molecule has 0 aromatic carbocycles. The first kappa shape index (κ1) is 61.1. The molecule has 3 fully saturated rings. The van der Waals surface area contributed by atoms with Crippen LogP contribution >= 0.6 is 0 Å². The number of carbonyl (C=O) groups is 5. The van der Waals surface area contributed by atoms with Crippen molar-refractivity contribution >= 4 is 29.2 Å². The molecule has 1 saturated carbocycles. The first-order chi connectivity index (χ1) is 34.2. The molecule has 0 aromatic heterocycles. The molecule has 3 aliphatic heterocycles. The van der Waals surface area contributed by atoms with Crippen molar-refractivity contribution in [3.8, 4) is 0 Å². The van der Waals surface area contributed by atoms with Gasteiger partial charge in [0.1, 0.15) is 30.1 Å². The molecule has 16 heteroatoms. The van der Waals surface area contributed by atoms with E-state index in [1.165, 1.54) is 12.0 Å². The third-order valence-corrected chi connectivity index (χ3v) is 15.3. The molecule has 0 spiro atoms. The van der Waals surface area contributed by atoms with Gasteiger partial charge in [0.05, 0.1) is 50.8 Å². The van der Waals surface area contributed by atoms with Crippen molar-refractivity contribution < 1.29 is 72.5 Å². The van der Waals surface area contributed by atoms with E-state index >= 15 is 0 Å². The van der Waals surface area contributed by atoms with E-state index < -0.39 is 83.9 Å². The lowest BCUT2D eigenvalue weighted by Crippen LogP contribution is -2.61. The van der Waals surface area contributed by atoms with Crippen molar-refractivity contribution in [3.05, 3.63) is 47.6 Å². The number of piperidine rings is 1. The minimum absolute atomic E-state index is 0.00654. The van der Waals surface area contributed by atoms with E-state index in [0.717, 1.165) is 5.57 Å². The van der Waals surface area contributed by atoms with Gasteiger partial charge in [0.25, 0.3) is 11.7 Å². The van der Waals surface area contributed by atoms with Crippen LogP contribution in [0, 0.1) is 35.5 Å². The molecule has 0 aromatic rings. The van der Waals surface area contributed by atoms with Gasteiger partial charge in [-0.05, 0) is 114 Å². The molecule has 3 N–H and O–H groups in total. The van der Waals surface area contributed by atoms with E-state index in [1.54, 1.807) is 34.0 Å².